The van der Waals surface area contributed by atoms with E-state index in [1.54, 1.807) is 6.07 Å². The van der Waals surface area contributed by atoms with Crippen molar-refractivity contribution in [3.05, 3.63) is 11.8 Å². The number of carbonyl (C=O) groups excluding carboxylic acids is 1. The lowest BCUT2D eigenvalue weighted by Crippen LogP contribution is -2.08. The highest BCUT2D eigenvalue weighted by atomic mass is 16.5. The van der Waals surface area contributed by atoms with Gasteiger partial charge in [-0.15, -0.1) is 0 Å². The topological polar surface area (TPSA) is 76.1 Å². The minimum Gasteiger partial charge on any atom is -0.462 e. The van der Waals surface area contributed by atoms with Gasteiger partial charge in [-0.3, -0.25) is 0 Å². The van der Waals surface area contributed by atoms with E-state index in [0.29, 0.717) is 6.61 Å². The molecular formula is C7H10N2O2. The first-order chi connectivity index (χ1) is 5.26. The number of rotatable bonds is 3. The van der Waals surface area contributed by atoms with Crippen LogP contribution in [0.2, 0.25) is 0 Å². The van der Waals surface area contributed by atoms with E-state index in [1.807, 2.05) is 6.92 Å². The predicted molar refractivity (Wildman–Crippen MR) is 39.1 cm³/mol. The summed E-state index contributed by atoms with van der Waals surface area (Å²) in [7, 11) is 0. The third-order valence-electron chi connectivity index (χ3n) is 0.944. The zero-order valence-electron chi connectivity index (χ0n) is 6.33. The number of carbonyl (C=O) groups is 1. The summed E-state index contributed by atoms with van der Waals surface area (Å²) in [4.78, 5) is 10.8. The summed E-state index contributed by atoms with van der Waals surface area (Å²) in [6.07, 6.45) is 1.67. The van der Waals surface area contributed by atoms with E-state index in [0.717, 1.165) is 12.6 Å². The number of ether oxygens (including phenoxy) is 1. The highest BCUT2D eigenvalue weighted by Crippen LogP contribution is 1.94. The standard InChI is InChI=1S/C7H10N2O2/c1-2-3-11-7(10)6(4-8)5-9/h4H,2-3,8H2,1H3/b6-4+. The fraction of sp³-hybridized carbons (Fsp3) is 0.429. The SMILES string of the molecule is CCCOC(=O)/C(C#N)=C/N. The molecule has 0 aromatic carbocycles. The van der Waals surface area contributed by atoms with Gasteiger partial charge in [0.25, 0.3) is 0 Å². The molecule has 0 atom stereocenters. The lowest BCUT2D eigenvalue weighted by atomic mass is 10.3. The van der Waals surface area contributed by atoms with Gasteiger partial charge in [0, 0.05) is 6.20 Å². The molecule has 60 valence electrons. The van der Waals surface area contributed by atoms with Gasteiger partial charge in [0.1, 0.15) is 6.07 Å². The van der Waals surface area contributed by atoms with Crippen LogP contribution >= 0.6 is 0 Å². The maximum atomic E-state index is 10.8. The van der Waals surface area contributed by atoms with Gasteiger partial charge < -0.3 is 10.5 Å². The molecule has 2 N–H and O–H groups in total. The number of nitriles is 1. The molecule has 0 aliphatic heterocycles. The molecule has 0 unspecified atom stereocenters. The minimum absolute atomic E-state index is 0.154. The molecule has 0 aliphatic rings. The summed E-state index contributed by atoms with van der Waals surface area (Å²) < 4.78 is 4.63. The molecular weight excluding hydrogens is 144 g/mol. The Hall–Kier alpha value is -1.50. The predicted octanol–water partition coefficient (Wildman–Crippen LogP) is 0.306. The Morgan fingerprint density at radius 1 is 1.82 bits per heavy atom. The van der Waals surface area contributed by atoms with Crippen molar-refractivity contribution in [1.82, 2.24) is 0 Å². The molecule has 0 bridgehead atoms. The fourth-order valence-electron chi connectivity index (χ4n) is 0.423. The van der Waals surface area contributed by atoms with Crippen molar-refractivity contribution in [2.24, 2.45) is 5.73 Å². The number of nitrogens with zero attached hydrogens (tertiary/aromatic N) is 1. The van der Waals surface area contributed by atoms with Gasteiger partial charge in [-0.25, -0.2) is 4.79 Å². The lowest BCUT2D eigenvalue weighted by Gasteiger charge is -1.98. The Labute approximate surface area is 65.2 Å². The normalized spacial score (nSPS) is 10.4. The zero-order chi connectivity index (χ0) is 8.69. The van der Waals surface area contributed by atoms with Gasteiger partial charge in [-0.05, 0) is 6.42 Å². The van der Waals surface area contributed by atoms with Crippen LogP contribution in [0.1, 0.15) is 13.3 Å². The average molecular weight is 154 g/mol. The van der Waals surface area contributed by atoms with Gasteiger partial charge in [0.2, 0.25) is 0 Å². The molecule has 4 nitrogen and oxygen atoms in total. The van der Waals surface area contributed by atoms with E-state index < -0.39 is 5.97 Å². The van der Waals surface area contributed by atoms with E-state index in [2.05, 4.69) is 4.74 Å². The maximum absolute atomic E-state index is 10.8. The molecule has 0 aromatic rings. The first kappa shape index (κ1) is 9.50. The zero-order valence-corrected chi connectivity index (χ0v) is 6.33. The Kier molecular flexibility index (Phi) is 4.58. The van der Waals surface area contributed by atoms with Crippen LogP contribution in [-0.2, 0) is 9.53 Å². The molecule has 0 spiro atoms. The second-order valence-corrected chi connectivity index (χ2v) is 1.83. The first-order valence-corrected chi connectivity index (χ1v) is 3.25. The molecule has 0 saturated heterocycles. The fourth-order valence-corrected chi connectivity index (χ4v) is 0.423. The van der Waals surface area contributed by atoms with Gasteiger partial charge in [-0.1, -0.05) is 6.92 Å². The van der Waals surface area contributed by atoms with Crippen molar-refractivity contribution in [1.29, 1.82) is 5.26 Å². The second-order valence-electron chi connectivity index (χ2n) is 1.83. The van der Waals surface area contributed by atoms with Crippen molar-refractivity contribution in [3.63, 3.8) is 0 Å². The molecule has 0 aromatic heterocycles. The molecule has 0 amide bonds. The Morgan fingerprint density at radius 2 is 2.45 bits per heavy atom. The Balaban J connectivity index is 3.94. The van der Waals surface area contributed by atoms with Crippen LogP contribution in [0.3, 0.4) is 0 Å². The van der Waals surface area contributed by atoms with E-state index in [4.69, 9.17) is 11.0 Å². The smallest absolute Gasteiger partial charge is 0.350 e. The summed E-state index contributed by atoms with van der Waals surface area (Å²) >= 11 is 0. The van der Waals surface area contributed by atoms with Crippen molar-refractivity contribution < 1.29 is 9.53 Å². The minimum atomic E-state index is -0.656. The molecule has 0 saturated carbocycles. The first-order valence-electron chi connectivity index (χ1n) is 3.25. The molecule has 0 rings (SSSR count). The number of hydrogen-bond acceptors (Lipinski definition) is 4. The third-order valence-corrected chi connectivity index (χ3v) is 0.944. The molecule has 11 heavy (non-hydrogen) atoms. The lowest BCUT2D eigenvalue weighted by molar-refractivity contribution is -0.138. The summed E-state index contributed by atoms with van der Waals surface area (Å²) in [5.41, 5.74) is 4.82. The van der Waals surface area contributed by atoms with E-state index in [-0.39, 0.29) is 5.57 Å². The summed E-state index contributed by atoms with van der Waals surface area (Å²) in [6, 6.07) is 1.62. The van der Waals surface area contributed by atoms with Crippen molar-refractivity contribution in [2.75, 3.05) is 6.61 Å². The van der Waals surface area contributed by atoms with Gasteiger partial charge in [0.05, 0.1) is 6.61 Å². The van der Waals surface area contributed by atoms with Crippen LogP contribution in [0.5, 0.6) is 0 Å². The molecule has 0 aliphatic carbocycles. The second kappa shape index (κ2) is 5.30. The maximum Gasteiger partial charge on any atom is 0.350 e. The van der Waals surface area contributed by atoms with Crippen LogP contribution in [0, 0.1) is 11.3 Å². The summed E-state index contributed by atoms with van der Waals surface area (Å²) in [5, 5.41) is 8.30. The largest absolute Gasteiger partial charge is 0.462 e. The van der Waals surface area contributed by atoms with Gasteiger partial charge in [-0.2, -0.15) is 5.26 Å². The Bertz CT molecular complexity index is 203. The van der Waals surface area contributed by atoms with Crippen LogP contribution in [-0.4, -0.2) is 12.6 Å². The van der Waals surface area contributed by atoms with Crippen molar-refractivity contribution >= 4 is 5.97 Å². The monoisotopic (exact) mass is 154 g/mol. The van der Waals surface area contributed by atoms with Gasteiger partial charge >= 0.3 is 5.97 Å². The van der Waals surface area contributed by atoms with Crippen LogP contribution in [0.15, 0.2) is 11.8 Å². The highest BCUT2D eigenvalue weighted by Gasteiger charge is 2.07. The number of nitrogens with two attached hydrogens (primary N) is 1. The number of hydrogen-bond donors (Lipinski definition) is 1. The van der Waals surface area contributed by atoms with E-state index in [9.17, 15) is 4.79 Å². The third kappa shape index (κ3) is 3.26. The van der Waals surface area contributed by atoms with Crippen molar-refractivity contribution in [2.45, 2.75) is 13.3 Å². The molecule has 0 radical (unpaired) electrons. The van der Waals surface area contributed by atoms with Crippen LogP contribution < -0.4 is 5.73 Å². The van der Waals surface area contributed by atoms with Gasteiger partial charge in [0.15, 0.2) is 5.57 Å². The molecule has 0 heterocycles. The quantitative estimate of drug-likeness (QED) is 0.360. The van der Waals surface area contributed by atoms with Crippen LogP contribution in [0.4, 0.5) is 0 Å². The highest BCUT2D eigenvalue weighted by molar-refractivity contribution is 5.92. The summed E-state index contributed by atoms with van der Waals surface area (Å²) in [6.45, 7) is 2.18. The van der Waals surface area contributed by atoms with E-state index in [1.165, 1.54) is 0 Å². The molecule has 0 fully saturated rings. The van der Waals surface area contributed by atoms with Crippen LogP contribution in [0.25, 0.3) is 0 Å². The van der Waals surface area contributed by atoms with E-state index >= 15 is 0 Å². The average Bonchev–Trinajstić information content (AvgIpc) is 2.03. The summed E-state index contributed by atoms with van der Waals surface area (Å²) in [5.74, 6) is -0.656. The number of esters is 1. The molecule has 4 heteroatoms. The van der Waals surface area contributed by atoms with Crippen molar-refractivity contribution in [3.8, 4) is 6.07 Å². The Morgan fingerprint density at radius 3 is 2.82 bits per heavy atom.